The van der Waals surface area contributed by atoms with Gasteiger partial charge in [-0.05, 0) is 66.5 Å². The van der Waals surface area contributed by atoms with Crippen LogP contribution in [0.15, 0.2) is 59.3 Å². The van der Waals surface area contributed by atoms with E-state index in [4.69, 9.17) is 9.40 Å². The number of aryl methyl sites for hydroxylation is 2. The Labute approximate surface area is 176 Å². The number of hydrogen-bond donors (Lipinski definition) is 0. The van der Waals surface area contributed by atoms with Crippen LogP contribution in [0.4, 0.5) is 0 Å². The highest BCUT2D eigenvalue weighted by molar-refractivity contribution is 6.17. The standard InChI is InChI=1S/C27H26N2O/c1-16-15-29-23(13-19(16)14-27(3,4)5)22-8-6-7-20-21-10-9-18-11-12-28-17(2)24(18)26(21)30-25(20)22/h6-13,15H,14H2,1-5H3. The largest absolute Gasteiger partial charge is 0.455 e. The number of pyridine rings is 2. The van der Waals surface area contributed by atoms with E-state index in [9.17, 15) is 0 Å². The molecule has 0 aliphatic heterocycles. The number of furan rings is 1. The molecule has 3 heterocycles. The Balaban J connectivity index is 1.78. The second-order valence-corrected chi connectivity index (χ2v) is 9.45. The van der Waals surface area contributed by atoms with Gasteiger partial charge in [0.05, 0.1) is 5.69 Å². The van der Waals surface area contributed by atoms with E-state index in [0.717, 1.165) is 56.1 Å². The maximum Gasteiger partial charge on any atom is 0.145 e. The molecule has 5 rings (SSSR count). The molecule has 0 saturated carbocycles. The maximum absolute atomic E-state index is 6.52. The molecule has 0 spiro atoms. The first-order valence-electron chi connectivity index (χ1n) is 10.5. The molecular formula is C27H26N2O. The predicted octanol–water partition coefficient (Wildman–Crippen LogP) is 7.40. The van der Waals surface area contributed by atoms with E-state index >= 15 is 0 Å². The zero-order chi connectivity index (χ0) is 21.0. The van der Waals surface area contributed by atoms with Crippen LogP contribution in [0.5, 0.6) is 0 Å². The summed E-state index contributed by atoms with van der Waals surface area (Å²) >= 11 is 0. The summed E-state index contributed by atoms with van der Waals surface area (Å²) in [6, 6.07) is 14.9. The number of para-hydroxylation sites is 1. The highest BCUT2D eigenvalue weighted by atomic mass is 16.3. The minimum absolute atomic E-state index is 0.220. The molecule has 3 nitrogen and oxygen atoms in total. The van der Waals surface area contributed by atoms with Crippen LogP contribution in [-0.2, 0) is 6.42 Å². The van der Waals surface area contributed by atoms with Crippen LogP contribution >= 0.6 is 0 Å². The van der Waals surface area contributed by atoms with Crippen molar-refractivity contribution in [2.24, 2.45) is 5.41 Å². The van der Waals surface area contributed by atoms with Crippen molar-refractivity contribution < 1.29 is 4.42 Å². The van der Waals surface area contributed by atoms with Gasteiger partial charge in [0.1, 0.15) is 11.2 Å². The second-order valence-electron chi connectivity index (χ2n) is 9.45. The Hall–Kier alpha value is -3.20. The van der Waals surface area contributed by atoms with Crippen LogP contribution in [0.25, 0.3) is 44.0 Å². The summed E-state index contributed by atoms with van der Waals surface area (Å²) in [6.07, 6.45) is 4.85. The fraction of sp³-hybridized carbons (Fsp3) is 0.259. The van der Waals surface area contributed by atoms with Crippen LogP contribution in [0, 0.1) is 19.3 Å². The van der Waals surface area contributed by atoms with E-state index in [2.05, 4.69) is 69.1 Å². The van der Waals surface area contributed by atoms with Crippen LogP contribution in [0.1, 0.15) is 37.6 Å². The number of fused-ring (bicyclic) bond motifs is 5. The molecule has 0 saturated heterocycles. The molecule has 0 bridgehead atoms. The van der Waals surface area contributed by atoms with Gasteiger partial charge >= 0.3 is 0 Å². The molecule has 30 heavy (non-hydrogen) atoms. The minimum Gasteiger partial charge on any atom is -0.455 e. The van der Waals surface area contributed by atoms with Crippen molar-refractivity contribution in [1.82, 2.24) is 9.97 Å². The quantitative estimate of drug-likeness (QED) is 0.313. The van der Waals surface area contributed by atoms with Gasteiger partial charge < -0.3 is 4.42 Å². The lowest BCUT2D eigenvalue weighted by atomic mass is 9.86. The molecule has 0 fully saturated rings. The molecule has 0 radical (unpaired) electrons. The SMILES string of the molecule is Cc1cnc(-c2cccc3c2oc2c3ccc3ccnc(C)c32)cc1CC(C)(C)C. The molecule has 5 aromatic rings. The van der Waals surface area contributed by atoms with Gasteiger partial charge in [-0.3, -0.25) is 9.97 Å². The molecule has 0 aliphatic carbocycles. The summed E-state index contributed by atoms with van der Waals surface area (Å²) in [7, 11) is 0. The Morgan fingerprint density at radius 2 is 1.70 bits per heavy atom. The molecular weight excluding hydrogens is 368 g/mol. The van der Waals surface area contributed by atoms with Crippen LogP contribution in [-0.4, -0.2) is 9.97 Å². The molecule has 0 aliphatic rings. The minimum atomic E-state index is 0.220. The third-order valence-corrected chi connectivity index (χ3v) is 5.79. The van der Waals surface area contributed by atoms with Crippen molar-refractivity contribution in [3.8, 4) is 11.3 Å². The van der Waals surface area contributed by atoms with E-state index in [0.29, 0.717) is 0 Å². The first-order valence-corrected chi connectivity index (χ1v) is 10.5. The number of nitrogens with zero attached hydrogens (tertiary/aromatic N) is 2. The molecule has 0 unspecified atom stereocenters. The summed E-state index contributed by atoms with van der Waals surface area (Å²) in [5.74, 6) is 0. The third kappa shape index (κ3) is 3.06. The summed E-state index contributed by atoms with van der Waals surface area (Å²) in [5, 5.41) is 4.48. The van der Waals surface area contributed by atoms with Gasteiger partial charge in [0.25, 0.3) is 0 Å². The Bertz CT molecular complexity index is 1420. The highest BCUT2D eigenvalue weighted by Crippen LogP contribution is 2.39. The normalized spacial score (nSPS) is 12.3. The van der Waals surface area contributed by atoms with E-state index in [1.165, 1.54) is 11.1 Å². The van der Waals surface area contributed by atoms with Crippen LogP contribution in [0.2, 0.25) is 0 Å². The Morgan fingerprint density at radius 3 is 2.50 bits per heavy atom. The molecule has 3 heteroatoms. The topological polar surface area (TPSA) is 38.9 Å². The number of benzene rings is 2. The van der Waals surface area contributed by atoms with Crippen LogP contribution in [0.3, 0.4) is 0 Å². The van der Waals surface area contributed by atoms with Crippen molar-refractivity contribution in [2.45, 2.75) is 41.0 Å². The number of aromatic nitrogens is 2. The molecule has 2 aromatic carbocycles. The van der Waals surface area contributed by atoms with Gasteiger partial charge in [-0.2, -0.15) is 0 Å². The molecule has 3 aromatic heterocycles. The van der Waals surface area contributed by atoms with Gasteiger partial charge in [-0.25, -0.2) is 0 Å². The van der Waals surface area contributed by atoms with Crippen molar-refractivity contribution in [3.05, 3.63) is 71.7 Å². The predicted molar refractivity (Wildman–Crippen MR) is 125 cm³/mol. The van der Waals surface area contributed by atoms with E-state index < -0.39 is 0 Å². The summed E-state index contributed by atoms with van der Waals surface area (Å²) < 4.78 is 6.52. The second kappa shape index (κ2) is 6.66. The summed E-state index contributed by atoms with van der Waals surface area (Å²) in [6.45, 7) is 11.0. The third-order valence-electron chi connectivity index (χ3n) is 5.79. The lowest BCUT2D eigenvalue weighted by Crippen LogP contribution is -2.10. The first-order chi connectivity index (χ1) is 14.3. The summed E-state index contributed by atoms with van der Waals surface area (Å²) in [4.78, 5) is 9.26. The van der Waals surface area contributed by atoms with Gasteiger partial charge in [-0.15, -0.1) is 0 Å². The Kier molecular flexibility index (Phi) is 4.18. The number of rotatable bonds is 2. The van der Waals surface area contributed by atoms with Gasteiger partial charge in [0, 0.05) is 39.8 Å². The monoisotopic (exact) mass is 394 g/mol. The molecule has 150 valence electrons. The fourth-order valence-electron chi connectivity index (χ4n) is 4.36. The van der Waals surface area contributed by atoms with Gasteiger partial charge in [-0.1, -0.05) is 39.0 Å². The zero-order valence-electron chi connectivity index (χ0n) is 18.2. The molecule has 0 amide bonds. The van der Waals surface area contributed by atoms with Crippen molar-refractivity contribution in [1.29, 1.82) is 0 Å². The Morgan fingerprint density at radius 1 is 0.900 bits per heavy atom. The first kappa shape index (κ1) is 18.8. The van der Waals surface area contributed by atoms with E-state index in [1.54, 1.807) is 0 Å². The van der Waals surface area contributed by atoms with Gasteiger partial charge in [0.2, 0.25) is 0 Å². The molecule has 0 N–H and O–H groups in total. The number of hydrogen-bond acceptors (Lipinski definition) is 3. The van der Waals surface area contributed by atoms with Crippen molar-refractivity contribution >= 4 is 32.7 Å². The zero-order valence-corrected chi connectivity index (χ0v) is 18.2. The maximum atomic E-state index is 6.52. The van der Waals surface area contributed by atoms with Crippen molar-refractivity contribution in [2.75, 3.05) is 0 Å². The summed E-state index contributed by atoms with van der Waals surface area (Å²) in [5.41, 5.74) is 7.57. The van der Waals surface area contributed by atoms with E-state index in [-0.39, 0.29) is 5.41 Å². The lowest BCUT2D eigenvalue weighted by Gasteiger charge is -2.20. The fourth-order valence-corrected chi connectivity index (χ4v) is 4.36. The van der Waals surface area contributed by atoms with E-state index in [1.807, 2.05) is 25.4 Å². The average molecular weight is 395 g/mol. The average Bonchev–Trinajstić information content (AvgIpc) is 3.07. The van der Waals surface area contributed by atoms with Crippen LogP contribution < -0.4 is 0 Å². The molecule has 0 atom stereocenters. The lowest BCUT2D eigenvalue weighted by molar-refractivity contribution is 0.410. The smallest absolute Gasteiger partial charge is 0.145 e. The van der Waals surface area contributed by atoms with Gasteiger partial charge in [0.15, 0.2) is 0 Å². The van der Waals surface area contributed by atoms with Crippen molar-refractivity contribution in [3.63, 3.8) is 0 Å². The highest BCUT2D eigenvalue weighted by Gasteiger charge is 2.18.